The Kier molecular flexibility index (Phi) is 17.1. The van der Waals surface area contributed by atoms with Crippen LogP contribution >= 0.6 is 7.05 Å². The van der Waals surface area contributed by atoms with Crippen molar-refractivity contribution >= 4 is 57.8 Å². The smallest absolute Gasteiger partial charge is 0.657 e. The van der Waals surface area contributed by atoms with E-state index in [2.05, 4.69) is 179 Å². The van der Waals surface area contributed by atoms with Gasteiger partial charge in [0.1, 0.15) is 0 Å². The zero-order chi connectivity index (χ0) is 34.2. The third-order valence-corrected chi connectivity index (χ3v) is 11.8. The monoisotopic (exact) mass is 679 g/mol. The first kappa shape index (κ1) is 40.0. The normalized spacial score (nSPS) is 12.4. The van der Waals surface area contributed by atoms with Crippen molar-refractivity contribution in [2.75, 3.05) is 13.2 Å². The minimum Gasteiger partial charge on any atom is -0.657 e. The number of unbranched alkanes of at least 4 members (excludes halogenated alkanes) is 1. The van der Waals surface area contributed by atoms with Crippen molar-refractivity contribution < 1.29 is 9.48 Å². The van der Waals surface area contributed by atoms with Crippen molar-refractivity contribution in [3.63, 3.8) is 0 Å². The predicted molar refractivity (Wildman–Crippen MR) is 215 cm³/mol. The molecule has 0 aromatic heterocycles. The minimum atomic E-state index is -2.37. The Bertz CT molecular complexity index is 1690. The van der Waals surface area contributed by atoms with Gasteiger partial charge in [0.15, 0.2) is 7.05 Å². The van der Waals surface area contributed by atoms with E-state index in [-0.39, 0.29) is 23.1 Å². The molecular weight excluding hydrogens is 628 g/mol. The molecule has 5 aromatic carbocycles. The van der Waals surface area contributed by atoms with E-state index in [9.17, 15) is 0 Å². The second-order valence-corrected chi connectivity index (χ2v) is 15.1. The fraction of sp³-hybridized carbons (Fsp3) is 0.250. The Morgan fingerprint density at radius 2 is 1.10 bits per heavy atom. The van der Waals surface area contributed by atoms with Crippen molar-refractivity contribution in [2.24, 2.45) is 0 Å². The second kappa shape index (κ2) is 21.0. The van der Waals surface area contributed by atoms with Crippen LogP contribution in [-0.2, 0) is 4.74 Å². The summed E-state index contributed by atoms with van der Waals surface area (Å²) in [6.45, 7) is 16.4. The molecule has 6 rings (SSSR count). The number of aryl methyl sites for hydroxylation is 4. The van der Waals surface area contributed by atoms with Crippen LogP contribution in [0.2, 0.25) is 0 Å². The van der Waals surface area contributed by atoms with Gasteiger partial charge in [-0.1, -0.05) is 128 Å². The van der Waals surface area contributed by atoms with Gasteiger partial charge in [-0.2, -0.15) is 6.42 Å². The summed E-state index contributed by atoms with van der Waals surface area (Å²) in [4.78, 5) is 0. The van der Waals surface area contributed by atoms with Crippen molar-refractivity contribution in [3.8, 4) is 0 Å². The first-order valence-corrected chi connectivity index (χ1v) is 19.0. The van der Waals surface area contributed by atoms with Crippen LogP contribution in [0.4, 0.5) is 11.4 Å². The maximum absolute atomic E-state index is 5.40. The minimum absolute atomic E-state index is 0. The molecule has 1 fully saturated rings. The van der Waals surface area contributed by atoms with Crippen molar-refractivity contribution in [1.29, 1.82) is 0 Å². The molecular formula is C44H52MgN2OP+. The molecule has 0 atom stereocenters. The maximum Gasteiger partial charge on any atom is 2.00 e. The number of rotatable bonds is 8. The second-order valence-electron chi connectivity index (χ2n) is 12.2. The van der Waals surface area contributed by atoms with E-state index in [0.717, 1.165) is 36.6 Å². The largest absolute Gasteiger partial charge is 2.00 e. The van der Waals surface area contributed by atoms with Gasteiger partial charge in [0, 0.05) is 34.9 Å². The Morgan fingerprint density at radius 1 is 0.673 bits per heavy atom. The molecule has 49 heavy (non-hydrogen) atoms. The van der Waals surface area contributed by atoms with Crippen LogP contribution in [0.1, 0.15) is 60.4 Å². The molecule has 1 saturated heterocycles. The summed E-state index contributed by atoms with van der Waals surface area (Å²) in [5.41, 5.74) is 9.06. The van der Waals surface area contributed by atoms with E-state index in [4.69, 9.17) is 10.1 Å². The number of hydrogen-bond acceptors (Lipinski definition) is 1. The zero-order valence-corrected chi connectivity index (χ0v) is 32.5. The van der Waals surface area contributed by atoms with Gasteiger partial charge in [0.05, 0.1) is 0 Å². The quantitative estimate of drug-likeness (QED) is 0.0989. The molecule has 0 bridgehead atoms. The van der Waals surface area contributed by atoms with Crippen LogP contribution < -0.4 is 15.4 Å². The fourth-order valence-electron chi connectivity index (χ4n) is 5.53. The predicted octanol–water partition coefficient (Wildman–Crippen LogP) is 10.2. The van der Waals surface area contributed by atoms with Gasteiger partial charge in [-0.15, -0.1) is 11.4 Å². The SMILES string of the molecule is C1CCOC1.Cc1cccc(C)c1[N-]/C(=C\P(=[NH+]c1c(C)cccc1C)(c1ccccc1)c1ccccc1)c1ccccc1.[CH2-]CCC.[Mg+2]. The molecule has 1 N–H and O–H groups in total. The summed E-state index contributed by atoms with van der Waals surface area (Å²) >= 11 is 0. The van der Waals surface area contributed by atoms with Crippen LogP contribution in [0.5, 0.6) is 0 Å². The molecule has 1 aliphatic rings. The molecule has 5 heteroatoms. The Balaban J connectivity index is 0.000000571. The third kappa shape index (κ3) is 11.3. The summed E-state index contributed by atoms with van der Waals surface area (Å²) in [6, 6.07) is 45.2. The average molecular weight is 680 g/mol. The zero-order valence-electron chi connectivity index (χ0n) is 30.2. The van der Waals surface area contributed by atoms with E-state index < -0.39 is 7.05 Å². The first-order valence-electron chi connectivity index (χ1n) is 17.2. The van der Waals surface area contributed by atoms with Gasteiger partial charge in [-0.05, 0) is 76.2 Å². The van der Waals surface area contributed by atoms with Crippen molar-refractivity contribution in [3.05, 3.63) is 173 Å². The summed E-state index contributed by atoms with van der Waals surface area (Å²) in [7, 11) is -2.37. The molecule has 0 spiro atoms. The van der Waals surface area contributed by atoms with E-state index >= 15 is 0 Å². The van der Waals surface area contributed by atoms with Gasteiger partial charge in [-0.3, -0.25) is 0 Å². The maximum atomic E-state index is 5.40. The number of nitrogens with one attached hydrogen (secondary N) is 1. The van der Waals surface area contributed by atoms with Crippen molar-refractivity contribution in [2.45, 2.75) is 60.3 Å². The van der Waals surface area contributed by atoms with Gasteiger partial charge in [-0.25, -0.2) is 4.74 Å². The van der Waals surface area contributed by atoms with Gasteiger partial charge in [0.2, 0.25) is 5.69 Å². The van der Waals surface area contributed by atoms with E-state index in [1.165, 1.54) is 57.8 Å². The first-order chi connectivity index (χ1) is 23.4. The molecule has 250 valence electrons. The molecule has 1 heterocycles. The number of nitrogens with zero attached hydrogens (tertiary/aromatic N) is 1. The fourth-order valence-corrected chi connectivity index (χ4v) is 9.01. The van der Waals surface area contributed by atoms with Crippen LogP contribution in [0.15, 0.2) is 133 Å². The van der Waals surface area contributed by atoms with E-state index in [1.54, 1.807) is 0 Å². The van der Waals surface area contributed by atoms with Crippen LogP contribution in [-0.4, -0.2) is 36.3 Å². The molecule has 0 amide bonds. The Hall–Kier alpha value is -3.40. The molecule has 0 saturated carbocycles. The van der Waals surface area contributed by atoms with Crippen LogP contribution in [0.3, 0.4) is 0 Å². The molecule has 1 aliphatic heterocycles. The number of benzene rings is 5. The Labute approximate surface area is 312 Å². The van der Waals surface area contributed by atoms with E-state index in [0.29, 0.717) is 0 Å². The summed E-state index contributed by atoms with van der Waals surface area (Å²) < 4.78 is 9.10. The topological polar surface area (TPSA) is 37.3 Å². The third-order valence-electron chi connectivity index (χ3n) is 8.33. The van der Waals surface area contributed by atoms with Crippen LogP contribution in [0.25, 0.3) is 11.0 Å². The number of para-hydroxylation sites is 2. The summed E-state index contributed by atoms with van der Waals surface area (Å²) in [5, 5.41) is 7.91. The molecule has 0 radical (unpaired) electrons. The molecule has 0 aliphatic carbocycles. The molecule has 5 aromatic rings. The summed E-state index contributed by atoms with van der Waals surface area (Å²) in [6.07, 6.45) is 4.83. The van der Waals surface area contributed by atoms with Gasteiger partial charge in [0.25, 0.3) is 0 Å². The van der Waals surface area contributed by atoms with Crippen molar-refractivity contribution in [1.82, 2.24) is 0 Å². The number of ether oxygens (including phenoxy) is 1. The van der Waals surface area contributed by atoms with E-state index in [1.807, 2.05) is 0 Å². The van der Waals surface area contributed by atoms with Crippen LogP contribution in [0, 0.1) is 34.6 Å². The molecule has 0 unspecified atom stereocenters. The molecule has 3 nitrogen and oxygen atoms in total. The average Bonchev–Trinajstić information content (AvgIpc) is 3.72. The van der Waals surface area contributed by atoms with Gasteiger partial charge < -0.3 is 17.0 Å². The Morgan fingerprint density at radius 3 is 1.51 bits per heavy atom. The summed E-state index contributed by atoms with van der Waals surface area (Å²) in [5.74, 6) is 2.42. The number of hydrogen-bond donors (Lipinski definition) is 1. The standard InChI is InChI=1S/C36H34N2P.C4H8O.C4H9.Mg/c1-27-16-14-17-28(2)35(27)37-34(31-20-8-5-9-21-31)26-39(32-22-10-6-11-23-32,33-24-12-7-13-25-33)38-36-29(3)18-15-19-30(36)4;1-2-4-5-3-1;1-3-4-2;/h5-26H,1-4H3;1-4H2;1,3-4H2,2H3;/q-1;;-1;+2/p+1/b34-26-;;;. The van der Waals surface area contributed by atoms with Gasteiger partial charge >= 0.3 is 23.1 Å².